The molecule has 3 aromatic rings. The minimum Gasteiger partial charge on any atom is -0.478 e. The van der Waals surface area contributed by atoms with E-state index in [1.807, 2.05) is 12.1 Å². The van der Waals surface area contributed by atoms with Gasteiger partial charge in [-0.25, -0.2) is 4.79 Å². The molecule has 0 saturated carbocycles. The van der Waals surface area contributed by atoms with Gasteiger partial charge in [0.1, 0.15) is 0 Å². The molecule has 2 heterocycles. The molecule has 0 bridgehead atoms. The Morgan fingerprint density at radius 3 is 2.64 bits per heavy atom. The molecule has 2 aromatic heterocycles. The molecule has 1 aliphatic carbocycles. The summed E-state index contributed by atoms with van der Waals surface area (Å²) in [6.45, 7) is 4.18. The van der Waals surface area contributed by atoms with Gasteiger partial charge < -0.3 is 15.4 Å². The summed E-state index contributed by atoms with van der Waals surface area (Å²) in [6, 6.07) is 10.3. The number of anilines is 2. The summed E-state index contributed by atoms with van der Waals surface area (Å²) < 4.78 is 0. The maximum absolute atomic E-state index is 13.0. The Kier molecular flexibility index (Phi) is 4.26. The molecule has 1 aromatic carbocycles. The summed E-state index contributed by atoms with van der Waals surface area (Å²) in [6.07, 6.45) is 4.64. The van der Waals surface area contributed by atoms with Crippen molar-refractivity contribution in [3.05, 3.63) is 65.6 Å². The number of carboxylic acid groups (broad SMARTS) is 1. The number of hydrogen-bond donors (Lipinski definition) is 3. The van der Waals surface area contributed by atoms with Gasteiger partial charge in [0.15, 0.2) is 5.78 Å². The van der Waals surface area contributed by atoms with Gasteiger partial charge in [-0.05, 0) is 42.2 Å². The summed E-state index contributed by atoms with van der Waals surface area (Å²) in [4.78, 5) is 31.8. The van der Waals surface area contributed by atoms with Crippen LogP contribution in [0.15, 0.2) is 48.8 Å². The van der Waals surface area contributed by atoms with Crippen molar-refractivity contribution in [1.29, 1.82) is 0 Å². The minimum atomic E-state index is -0.994. The standard InChI is InChI=1S/C22H21N3O3/c1-22(2)11-16-18(17(26)12-22)20(19(25-16)13-6-8-23-9-7-13)24-15-5-3-4-14(10-15)21(27)28/h3-10,24-25H,11-12H2,1-2H3,(H,27,28). The molecule has 0 spiro atoms. The number of ketones is 1. The van der Waals surface area contributed by atoms with Crippen molar-refractivity contribution in [2.75, 3.05) is 5.32 Å². The highest BCUT2D eigenvalue weighted by Gasteiger charge is 2.35. The normalized spacial score (nSPS) is 15.1. The monoisotopic (exact) mass is 375 g/mol. The van der Waals surface area contributed by atoms with Crippen LogP contribution in [0, 0.1) is 5.41 Å². The highest BCUT2D eigenvalue weighted by molar-refractivity contribution is 6.07. The van der Waals surface area contributed by atoms with Gasteiger partial charge in [-0.15, -0.1) is 0 Å². The van der Waals surface area contributed by atoms with Crippen molar-refractivity contribution < 1.29 is 14.7 Å². The lowest BCUT2D eigenvalue weighted by Crippen LogP contribution is -2.26. The van der Waals surface area contributed by atoms with Crippen LogP contribution in [0.4, 0.5) is 11.4 Å². The number of carbonyl (C=O) groups excluding carboxylic acids is 1. The van der Waals surface area contributed by atoms with E-state index in [1.54, 1.807) is 30.6 Å². The zero-order valence-electron chi connectivity index (χ0n) is 15.7. The van der Waals surface area contributed by atoms with Crippen molar-refractivity contribution in [3.8, 4) is 11.3 Å². The van der Waals surface area contributed by atoms with Crippen molar-refractivity contribution in [3.63, 3.8) is 0 Å². The van der Waals surface area contributed by atoms with E-state index >= 15 is 0 Å². The molecular weight excluding hydrogens is 354 g/mol. The molecule has 6 nitrogen and oxygen atoms in total. The van der Waals surface area contributed by atoms with E-state index in [9.17, 15) is 14.7 Å². The molecule has 1 aliphatic rings. The van der Waals surface area contributed by atoms with Crippen LogP contribution in [0.3, 0.4) is 0 Å². The van der Waals surface area contributed by atoms with Gasteiger partial charge in [-0.2, -0.15) is 0 Å². The fourth-order valence-corrected chi connectivity index (χ4v) is 3.79. The molecule has 6 heteroatoms. The summed E-state index contributed by atoms with van der Waals surface area (Å²) >= 11 is 0. The molecule has 0 aliphatic heterocycles. The van der Waals surface area contributed by atoms with E-state index in [0.29, 0.717) is 23.4 Å². The van der Waals surface area contributed by atoms with Crippen molar-refractivity contribution in [2.45, 2.75) is 26.7 Å². The highest BCUT2D eigenvalue weighted by Crippen LogP contribution is 2.43. The number of nitrogens with one attached hydrogen (secondary N) is 2. The number of rotatable bonds is 4. The average molecular weight is 375 g/mol. The van der Waals surface area contributed by atoms with Gasteiger partial charge in [0.05, 0.1) is 22.5 Å². The van der Waals surface area contributed by atoms with E-state index < -0.39 is 5.97 Å². The number of hydrogen-bond acceptors (Lipinski definition) is 4. The molecule has 4 rings (SSSR count). The lowest BCUT2D eigenvalue weighted by Gasteiger charge is -2.28. The van der Waals surface area contributed by atoms with Crippen LogP contribution in [-0.4, -0.2) is 26.8 Å². The quantitative estimate of drug-likeness (QED) is 0.616. The van der Waals surface area contributed by atoms with Crippen LogP contribution in [0.1, 0.15) is 46.7 Å². The van der Waals surface area contributed by atoms with Gasteiger partial charge in [0, 0.05) is 35.8 Å². The third kappa shape index (κ3) is 3.29. The second-order valence-electron chi connectivity index (χ2n) is 7.92. The summed E-state index contributed by atoms with van der Waals surface area (Å²) in [5, 5.41) is 12.6. The van der Waals surface area contributed by atoms with Crippen molar-refractivity contribution in [1.82, 2.24) is 9.97 Å². The summed E-state index contributed by atoms with van der Waals surface area (Å²) in [7, 11) is 0. The smallest absolute Gasteiger partial charge is 0.335 e. The first-order valence-corrected chi connectivity index (χ1v) is 9.13. The second kappa shape index (κ2) is 6.64. The maximum Gasteiger partial charge on any atom is 0.335 e. The SMILES string of the molecule is CC1(C)CC(=O)c2c([nH]c(-c3ccncc3)c2Nc2cccc(C(=O)O)c2)C1. The Labute approximate surface area is 162 Å². The Bertz CT molecular complexity index is 1070. The van der Waals surface area contributed by atoms with Crippen LogP contribution in [0.5, 0.6) is 0 Å². The van der Waals surface area contributed by atoms with E-state index in [2.05, 4.69) is 29.1 Å². The van der Waals surface area contributed by atoms with Crippen LogP contribution in [0.2, 0.25) is 0 Å². The van der Waals surface area contributed by atoms with Crippen LogP contribution in [-0.2, 0) is 6.42 Å². The minimum absolute atomic E-state index is 0.0831. The second-order valence-corrected chi connectivity index (χ2v) is 7.92. The highest BCUT2D eigenvalue weighted by atomic mass is 16.4. The Morgan fingerprint density at radius 2 is 1.93 bits per heavy atom. The first-order chi connectivity index (χ1) is 13.3. The number of nitrogens with zero attached hydrogens (tertiary/aromatic N) is 1. The number of pyridine rings is 1. The third-order valence-corrected chi connectivity index (χ3v) is 5.00. The molecule has 28 heavy (non-hydrogen) atoms. The number of fused-ring (bicyclic) bond motifs is 1. The maximum atomic E-state index is 13.0. The summed E-state index contributed by atoms with van der Waals surface area (Å²) in [5.41, 5.74) is 4.67. The largest absolute Gasteiger partial charge is 0.478 e. The first kappa shape index (κ1) is 18.0. The van der Waals surface area contributed by atoms with Gasteiger partial charge in [-0.3, -0.25) is 9.78 Å². The Balaban J connectivity index is 1.86. The predicted molar refractivity (Wildman–Crippen MR) is 107 cm³/mol. The van der Waals surface area contributed by atoms with Gasteiger partial charge in [0.2, 0.25) is 0 Å². The van der Waals surface area contributed by atoms with Crippen molar-refractivity contribution in [2.24, 2.45) is 5.41 Å². The number of aromatic nitrogens is 2. The van der Waals surface area contributed by atoms with Gasteiger partial charge in [0.25, 0.3) is 0 Å². The number of H-pyrrole nitrogens is 1. The first-order valence-electron chi connectivity index (χ1n) is 9.13. The fraction of sp³-hybridized carbons (Fsp3) is 0.227. The number of carbonyl (C=O) groups is 2. The molecule has 0 amide bonds. The lowest BCUT2D eigenvalue weighted by molar-refractivity contribution is 0.0696. The Hall–Kier alpha value is -3.41. The average Bonchev–Trinajstić information content (AvgIpc) is 2.99. The van der Waals surface area contributed by atoms with Crippen molar-refractivity contribution >= 4 is 23.1 Å². The van der Waals surface area contributed by atoms with Gasteiger partial charge in [-0.1, -0.05) is 19.9 Å². The number of carboxylic acids is 1. The Morgan fingerprint density at radius 1 is 1.18 bits per heavy atom. The molecular formula is C22H21N3O3. The van der Waals surface area contributed by atoms with Crippen LogP contribution < -0.4 is 5.32 Å². The number of aromatic amines is 1. The van der Waals surface area contributed by atoms with E-state index in [4.69, 9.17) is 0 Å². The zero-order chi connectivity index (χ0) is 19.9. The molecule has 0 saturated heterocycles. The molecule has 142 valence electrons. The predicted octanol–water partition coefficient (Wildman–Crippen LogP) is 4.67. The molecule has 0 atom stereocenters. The van der Waals surface area contributed by atoms with Crippen LogP contribution >= 0.6 is 0 Å². The lowest BCUT2D eigenvalue weighted by atomic mass is 9.76. The number of Topliss-reactive ketones (excluding diaryl/α,β-unsaturated/α-hetero) is 1. The van der Waals surface area contributed by atoms with Gasteiger partial charge >= 0.3 is 5.97 Å². The molecule has 3 N–H and O–H groups in total. The molecule has 0 radical (unpaired) electrons. The topological polar surface area (TPSA) is 95.1 Å². The van der Waals surface area contributed by atoms with E-state index in [1.165, 1.54) is 6.07 Å². The number of aromatic carboxylic acids is 1. The summed E-state index contributed by atoms with van der Waals surface area (Å²) in [5.74, 6) is -0.911. The fourth-order valence-electron chi connectivity index (χ4n) is 3.79. The number of benzene rings is 1. The van der Waals surface area contributed by atoms with Crippen LogP contribution in [0.25, 0.3) is 11.3 Å². The zero-order valence-corrected chi connectivity index (χ0v) is 15.7. The van der Waals surface area contributed by atoms with E-state index in [-0.39, 0.29) is 16.8 Å². The third-order valence-electron chi connectivity index (χ3n) is 5.00. The van der Waals surface area contributed by atoms with E-state index in [0.717, 1.165) is 23.4 Å². The molecule has 0 unspecified atom stereocenters. The molecule has 0 fully saturated rings.